The predicted octanol–water partition coefficient (Wildman–Crippen LogP) is 5.30. The summed E-state index contributed by atoms with van der Waals surface area (Å²) in [6.07, 6.45) is 0. The first-order chi connectivity index (χ1) is 12.5. The Hall–Kier alpha value is -2.98. The molecule has 4 rings (SSSR count). The molecule has 0 bridgehead atoms. The van der Waals surface area contributed by atoms with Crippen LogP contribution in [-0.2, 0) is 0 Å². The van der Waals surface area contributed by atoms with Crippen LogP contribution in [0.5, 0.6) is 0 Å². The van der Waals surface area contributed by atoms with E-state index in [1.807, 2.05) is 18.2 Å². The van der Waals surface area contributed by atoms with Crippen molar-refractivity contribution >= 4 is 22.5 Å². The van der Waals surface area contributed by atoms with Crippen LogP contribution in [0, 0.1) is 17.9 Å². The Morgan fingerprint density at radius 3 is 2.19 bits per heavy atom. The second-order valence-corrected chi connectivity index (χ2v) is 6.50. The summed E-state index contributed by atoms with van der Waals surface area (Å²) >= 11 is 5.92. The van der Waals surface area contributed by atoms with Crippen molar-refractivity contribution in [1.29, 1.82) is 0 Å². The van der Waals surface area contributed by atoms with Crippen molar-refractivity contribution < 1.29 is 9.12 Å². The number of benzene rings is 3. The summed E-state index contributed by atoms with van der Waals surface area (Å²) in [6.45, 7) is 1.77. The van der Waals surface area contributed by atoms with E-state index in [0.29, 0.717) is 22.1 Å². The first-order valence-corrected chi connectivity index (χ1v) is 8.46. The van der Waals surface area contributed by atoms with Crippen molar-refractivity contribution in [2.75, 3.05) is 0 Å². The highest BCUT2D eigenvalue weighted by Gasteiger charge is 2.18. The molecule has 3 aromatic carbocycles. The largest absolute Gasteiger partial charge is 0.710 e. The normalized spacial score (nSPS) is 11.0. The molecule has 0 spiro atoms. The number of fused-ring (bicyclic) bond motifs is 1. The maximum absolute atomic E-state index is 13.1. The topological polar surface area (TPSA) is 39.8 Å². The molecule has 128 valence electrons. The lowest BCUT2D eigenvalue weighted by molar-refractivity contribution is -0.601. The summed E-state index contributed by atoms with van der Waals surface area (Å²) in [5, 5.41) is 14.1. The van der Waals surface area contributed by atoms with Gasteiger partial charge in [-0.05, 0) is 77.6 Å². The highest BCUT2D eigenvalue weighted by molar-refractivity contribution is 6.30. The summed E-state index contributed by atoms with van der Waals surface area (Å²) in [5.74, 6) is 0.0543. The fourth-order valence-electron chi connectivity index (χ4n) is 2.95. The van der Waals surface area contributed by atoms with Crippen LogP contribution in [0.3, 0.4) is 0 Å². The molecule has 0 aliphatic rings. The zero-order valence-corrected chi connectivity index (χ0v) is 14.7. The SMILES string of the molecule is Cc1c2cc(-c3ccc(F)cc3)ccc2nc(-c2ccc(Cl)cc2)[n+]1[O-]. The number of hydrogen-bond acceptors (Lipinski definition) is 2. The lowest BCUT2D eigenvalue weighted by atomic mass is 10.0. The number of aryl methyl sites for hydroxylation is 1. The molecule has 0 aliphatic carbocycles. The van der Waals surface area contributed by atoms with E-state index in [2.05, 4.69) is 4.98 Å². The molecule has 0 N–H and O–H groups in total. The highest BCUT2D eigenvalue weighted by Crippen LogP contribution is 2.27. The zero-order chi connectivity index (χ0) is 18.3. The third-order valence-corrected chi connectivity index (χ3v) is 4.64. The summed E-state index contributed by atoms with van der Waals surface area (Å²) in [5.41, 5.74) is 3.78. The van der Waals surface area contributed by atoms with E-state index in [1.165, 1.54) is 12.1 Å². The van der Waals surface area contributed by atoms with Crippen molar-refractivity contribution in [3.63, 3.8) is 0 Å². The lowest BCUT2D eigenvalue weighted by Gasteiger charge is -2.12. The van der Waals surface area contributed by atoms with E-state index in [9.17, 15) is 9.60 Å². The fourth-order valence-corrected chi connectivity index (χ4v) is 3.08. The Morgan fingerprint density at radius 1 is 0.885 bits per heavy atom. The highest BCUT2D eigenvalue weighted by atomic mass is 35.5. The van der Waals surface area contributed by atoms with Gasteiger partial charge in [0.1, 0.15) is 11.5 Å². The minimum Gasteiger partial charge on any atom is -0.710 e. The van der Waals surface area contributed by atoms with E-state index in [0.717, 1.165) is 26.8 Å². The molecule has 0 amide bonds. The molecule has 4 aromatic rings. The fraction of sp³-hybridized carbons (Fsp3) is 0.0476. The zero-order valence-electron chi connectivity index (χ0n) is 13.9. The van der Waals surface area contributed by atoms with Gasteiger partial charge in [-0.15, -0.1) is 0 Å². The Balaban J connectivity index is 1.87. The van der Waals surface area contributed by atoms with Crippen LogP contribution in [-0.4, -0.2) is 4.98 Å². The van der Waals surface area contributed by atoms with Gasteiger partial charge in [-0.1, -0.05) is 23.7 Å². The minimum atomic E-state index is -0.280. The smallest absolute Gasteiger partial charge is 0.334 e. The van der Waals surface area contributed by atoms with Crippen LogP contribution in [0.4, 0.5) is 4.39 Å². The monoisotopic (exact) mass is 364 g/mol. The Labute approximate surface area is 154 Å². The average Bonchev–Trinajstić information content (AvgIpc) is 2.66. The molecule has 3 nitrogen and oxygen atoms in total. The van der Waals surface area contributed by atoms with Gasteiger partial charge in [-0.25, -0.2) is 9.12 Å². The van der Waals surface area contributed by atoms with Gasteiger partial charge in [0.15, 0.2) is 5.52 Å². The molecule has 1 heterocycles. The van der Waals surface area contributed by atoms with Crippen LogP contribution in [0.2, 0.25) is 5.02 Å². The minimum absolute atomic E-state index is 0.280. The molecule has 26 heavy (non-hydrogen) atoms. The number of halogens is 2. The maximum atomic E-state index is 13.1. The van der Waals surface area contributed by atoms with Gasteiger partial charge in [0.05, 0.1) is 10.9 Å². The Kier molecular flexibility index (Phi) is 4.05. The predicted molar refractivity (Wildman–Crippen MR) is 101 cm³/mol. The first kappa shape index (κ1) is 16.5. The van der Waals surface area contributed by atoms with Crippen LogP contribution in [0.25, 0.3) is 33.4 Å². The second kappa shape index (κ2) is 6.39. The Morgan fingerprint density at radius 2 is 1.50 bits per heavy atom. The molecule has 0 aliphatic heterocycles. The second-order valence-electron chi connectivity index (χ2n) is 6.06. The summed E-state index contributed by atoms with van der Waals surface area (Å²) in [4.78, 5) is 4.53. The third-order valence-electron chi connectivity index (χ3n) is 4.39. The summed E-state index contributed by atoms with van der Waals surface area (Å²) < 4.78 is 14.0. The molecule has 5 heteroatoms. The quantitative estimate of drug-likeness (QED) is 0.357. The first-order valence-electron chi connectivity index (χ1n) is 8.09. The number of aromatic nitrogens is 2. The van der Waals surface area contributed by atoms with Crippen LogP contribution in [0.1, 0.15) is 5.69 Å². The van der Waals surface area contributed by atoms with E-state index in [1.54, 1.807) is 43.3 Å². The molecular weight excluding hydrogens is 351 g/mol. The van der Waals surface area contributed by atoms with Gasteiger partial charge in [0.2, 0.25) is 0 Å². The molecule has 0 atom stereocenters. The van der Waals surface area contributed by atoms with Gasteiger partial charge >= 0.3 is 5.82 Å². The molecule has 0 saturated heterocycles. The molecule has 0 fully saturated rings. The molecule has 0 saturated carbocycles. The van der Waals surface area contributed by atoms with E-state index in [4.69, 9.17) is 11.6 Å². The van der Waals surface area contributed by atoms with E-state index < -0.39 is 0 Å². The van der Waals surface area contributed by atoms with Crippen molar-refractivity contribution in [3.05, 3.63) is 88.5 Å². The molecule has 0 unspecified atom stereocenters. The van der Waals surface area contributed by atoms with Crippen LogP contribution in [0.15, 0.2) is 66.7 Å². The molecular formula is C21H14ClFN2O. The molecule has 0 radical (unpaired) electrons. The van der Waals surface area contributed by atoms with Crippen molar-refractivity contribution in [1.82, 2.24) is 4.98 Å². The third kappa shape index (κ3) is 2.89. The Bertz CT molecular complexity index is 1110. The standard InChI is InChI=1S/C21H14ClFN2O/c1-13-19-12-16(14-4-9-18(23)10-5-14)6-11-20(19)24-21(25(13)26)15-2-7-17(22)8-3-15/h2-12H,1H3. The van der Waals surface area contributed by atoms with Gasteiger partial charge in [-0.2, -0.15) is 0 Å². The average molecular weight is 365 g/mol. The maximum Gasteiger partial charge on any atom is 0.334 e. The summed E-state index contributed by atoms with van der Waals surface area (Å²) in [7, 11) is 0. The number of hydrogen-bond donors (Lipinski definition) is 0. The van der Waals surface area contributed by atoms with Gasteiger partial charge < -0.3 is 5.21 Å². The van der Waals surface area contributed by atoms with Gasteiger partial charge in [0.25, 0.3) is 0 Å². The number of rotatable bonds is 2. The van der Waals surface area contributed by atoms with Crippen molar-refractivity contribution in [2.45, 2.75) is 6.92 Å². The van der Waals surface area contributed by atoms with E-state index >= 15 is 0 Å². The molecule has 1 aromatic heterocycles. The van der Waals surface area contributed by atoms with Gasteiger partial charge in [0, 0.05) is 5.02 Å². The number of nitrogens with zero attached hydrogens (tertiary/aromatic N) is 2. The van der Waals surface area contributed by atoms with Crippen LogP contribution < -0.4 is 4.73 Å². The van der Waals surface area contributed by atoms with Crippen molar-refractivity contribution in [3.8, 4) is 22.5 Å². The van der Waals surface area contributed by atoms with Crippen LogP contribution >= 0.6 is 11.6 Å². The lowest BCUT2D eigenvalue weighted by Crippen LogP contribution is -2.34. The van der Waals surface area contributed by atoms with Gasteiger partial charge in [-0.3, -0.25) is 0 Å². The van der Waals surface area contributed by atoms with E-state index in [-0.39, 0.29) is 5.82 Å². The van der Waals surface area contributed by atoms with Crippen molar-refractivity contribution in [2.24, 2.45) is 0 Å². The summed E-state index contributed by atoms with van der Waals surface area (Å²) in [6, 6.07) is 19.0.